The summed E-state index contributed by atoms with van der Waals surface area (Å²) < 4.78 is 0.814. The van der Waals surface area contributed by atoms with Crippen molar-refractivity contribution in [3.63, 3.8) is 0 Å². The molecule has 1 rings (SSSR count). The molecule has 5 nitrogen and oxygen atoms in total. The molecule has 1 aromatic rings. The Kier molecular flexibility index (Phi) is 7.25. The standard InChI is InChI=1S/C14H19BrN2O3/c1-2-17(7-4-8-18)13(19)10-16-14(20)11-5-3-6-12(15)9-11/h3,5-6,9,18H,2,4,7-8,10H2,1H3,(H,16,20). The molecule has 1 aromatic carbocycles. The molecule has 2 N–H and O–H groups in total. The van der Waals surface area contributed by atoms with E-state index >= 15 is 0 Å². The van der Waals surface area contributed by atoms with Crippen LogP contribution < -0.4 is 5.32 Å². The molecule has 0 heterocycles. The summed E-state index contributed by atoms with van der Waals surface area (Å²) in [6.07, 6.45) is 0.541. The fourth-order valence-electron chi connectivity index (χ4n) is 1.72. The Morgan fingerprint density at radius 1 is 1.40 bits per heavy atom. The first kappa shape index (κ1) is 16.7. The highest BCUT2D eigenvalue weighted by Crippen LogP contribution is 2.11. The largest absolute Gasteiger partial charge is 0.396 e. The Morgan fingerprint density at radius 3 is 2.75 bits per heavy atom. The van der Waals surface area contributed by atoms with Gasteiger partial charge in [0, 0.05) is 29.7 Å². The van der Waals surface area contributed by atoms with Crippen LogP contribution in [0.5, 0.6) is 0 Å². The summed E-state index contributed by atoms with van der Waals surface area (Å²) in [6.45, 7) is 2.94. The number of nitrogens with zero attached hydrogens (tertiary/aromatic N) is 1. The number of likely N-dealkylation sites (N-methyl/N-ethyl adjacent to an activating group) is 1. The maximum atomic E-state index is 11.9. The molecule has 2 amide bonds. The van der Waals surface area contributed by atoms with Gasteiger partial charge in [-0.15, -0.1) is 0 Å². The number of halogens is 1. The van der Waals surface area contributed by atoms with Crippen molar-refractivity contribution in [2.75, 3.05) is 26.2 Å². The van der Waals surface area contributed by atoms with Crippen LogP contribution in [0.1, 0.15) is 23.7 Å². The van der Waals surface area contributed by atoms with Crippen LogP contribution in [0.4, 0.5) is 0 Å². The van der Waals surface area contributed by atoms with Crippen molar-refractivity contribution in [1.29, 1.82) is 0 Å². The number of aliphatic hydroxyl groups excluding tert-OH is 1. The van der Waals surface area contributed by atoms with Crippen LogP contribution in [0, 0.1) is 0 Å². The summed E-state index contributed by atoms with van der Waals surface area (Å²) in [4.78, 5) is 25.4. The zero-order chi connectivity index (χ0) is 15.0. The molecule has 110 valence electrons. The Balaban J connectivity index is 2.49. The lowest BCUT2D eigenvalue weighted by Crippen LogP contribution is -2.40. The van der Waals surface area contributed by atoms with Crippen molar-refractivity contribution < 1.29 is 14.7 Å². The van der Waals surface area contributed by atoms with Gasteiger partial charge in [-0.1, -0.05) is 22.0 Å². The van der Waals surface area contributed by atoms with Crippen LogP contribution in [0.3, 0.4) is 0 Å². The number of aliphatic hydroxyl groups is 1. The first-order valence-corrected chi connectivity index (χ1v) is 7.30. The van der Waals surface area contributed by atoms with Crippen molar-refractivity contribution in [1.82, 2.24) is 10.2 Å². The lowest BCUT2D eigenvalue weighted by molar-refractivity contribution is -0.130. The van der Waals surface area contributed by atoms with Gasteiger partial charge in [0.2, 0.25) is 5.91 Å². The van der Waals surface area contributed by atoms with Crippen LogP contribution in [-0.4, -0.2) is 48.1 Å². The maximum absolute atomic E-state index is 11.9. The normalized spacial score (nSPS) is 10.2. The molecule has 0 atom stereocenters. The van der Waals surface area contributed by atoms with E-state index in [-0.39, 0.29) is 25.0 Å². The minimum absolute atomic E-state index is 0.0371. The predicted octanol–water partition coefficient (Wildman–Crippen LogP) is 1.41. The Hall–Kier alpha value is -1.40. The number of carbonyl (C=O) groups is 2. The summed E-state index contributed by atoms with van der Waals surface area (Å²) >= 11 is 3.29. The molecular formula is C14H19BrN2O3. The van der Waals surface area contributed by atoms with Gasteiger partial charge < -0.3 is 15.3 Å². The smallest absolute Gasteiger partial charge is 0.251 e. The van der Waals surface area contributed by atoms with E-state index in [0.717, 1.165) is 4.47 Å². The Labute approximate surface area is 127 Å². The summed E-state index contributed by atoms with van der Waals surface area (Å²) in [5, 5.41) is 11.4. The van der Waals surface area contributed by atoms with E-state index in [1.807, 2.05) is 13.0 Å². The topological polar surface area (TPSA) is 69.6 Å². The molecular weight excluding hydrogens is 324 g/mol. The number of benzene rings is 1. The number of amides is 2. The highest BCUT2D eigenvalue weighted by Gasteiger charge is 2.13. The summed E-state index contributed by atoms with van der Waals surface area (Å²) in [6, 6.07) is 6.98. The van der Waals surface area contributed by atoms with Crippen LogP contribution in [0.25, 0.3) is 0 Å². The van der Waals surface area contributed by atoms with E-state index in [0.29, 0.717) is 25.1 Å². The average Bonchev–Trinajstić information content (AvgIpc) is 2.45. The van der Waals surface area contributed by atoms with Gasteiger partial charge in [0.15, 0.2) is 0 Å². The predicted molar refractivity (Wildman–Crippen MR) is 80.4 cm³/mol. The Morgan fingerprint density at radius 2 is 2.15 bits per heavy atom. The van der Waals surface area contributed by atoms with Crippen molar-refractivity contribution in [3.8, 4) is 0 Å². The second kappa shape index (κ2) is 8.71. The van der Waals surface area contributed by atoms with Gasteiger partial charge in [0.1, 0.15) is 0 Å². The minimum atomic E-state index is -0.280. The number of hydrogen-bond acceptors (Lipinski definition) is 3. The van der Waals surface area contributed by atoms with Crippen molar-refractivity contribution in [3.05, 3.63) is 34.3 Å². The Bertz CT molecular complexity index is 465. The van der Waals surface area contributed by atoms with E-state index < -0.39 is 0 Å². The lowest BCUT2D eigenvalue weighted by Gasteiger charge is -2.20. The van der Waals surface area contributed by atoms with Gasteiger partial charge in [0.05, 0.1) is 6.54 Å². The molecule has 0 saturated heterocycles. The van der Waals surface area contributed by atoms with Gasteiger partial charge >= 0.3 is 0 Å². The molecule has 0 aliphatic rings. The molecule has 0 aliphatic heterocycles. The molecule has 0 radical (unpaired) electrons. The number of nitrogens with one attached hydrogen (secondary N) is 1. The number of rotatable bonds is 7. The van der Waals surface area contributed by atoms with Gasteiger partial charge in [-0.25, -0.2) is 0 Å². The maximum Gasteiger partial charge on any atom is 0.251 e. The fraction of sp³-hybridized carbons (Fsp3) is 0.429. The second-order valence-corrected chi connectivity index (χ2v) is 5.16. The summed E-state index contributed by atoms with van der Waals surface area (Å²) in [5.41, 5.74) is 0.505. The zero-order valence-corrected chi connectivity index (χ0v) is 13.0. The molecule has 6 heteroatoms. The molecule has 0 bridgehead atoms. The van der Waals surface area contributed by atoms with E-state index in [1.165, 1.54) is 0 Å². The van der Waals surface area contributed by atoms with E-state index in [4.69, 9.17) is 5.11 Å². The monoisotopic (exact) mass is 342 g/mol. The third kappa shape index (κ3) is 5.30. The average molecular weight is 343 g/mol. The molecule has 20 heavy (non-hydrogen) atoms. The summed E-state index contributed by atoms with van der Waals surface area (Å²) in [7, 11) is 0. The number of carbonyl (C=O) groups excluding carboxylic acids is 2. The molecule has 0 aliphatic carbocycles. The van der Waals surface area contributed by atoms with Crippen LogP contribution >= 0.6 is 15.9 Å². The van der Waals surface area contributed by atoms with Crippen LogP contribution in [0.2, 0.25) is 0 Å². The molecule has 0 fully saturated rings. The van der Waals surface area contributed by atoms with Gasteiger partial charge in [-0.05, 0) is 31.5 Å². The molecule has 0 saturated carbocycles. The zero-order valence-electron chi connectivity index (χ0n) is 11.4. The fourth-order valence-corrected chi connectivity index (χ4v) is 2.12. The first-order chi connectivity index (χ1) is 9.58. The van der Waals surface area contributed by atoms with E-state index in [9.17, 15) is 9.59 Å². The van der Waals surface area contributed by atoms with Crippen LogP contribution in [0.15, 0.2) is 28.7 Å². The molecule has 0 spiro atoms. The second-order valence-electron chi connectivity index (χ2n) is 4.24. The summed E-state index contributed by atoms with van der Waals surface area (Å²) in [5.74, 6) is -0.429. The van der Waals surface area contributed by atoms with Crippen molar-refractivity contribution >= 4 is 27.7 Å². The minimum Gasteiger partial charge on any atom is -0.396 e. The molecule has 0 aromatic heterocycles. The molecule has 0 unspecified atom stereocenters. The SMILES string of the molecule is CCN(CCCO)C(=O)CNC(=O)c1cccc(Br)c1. The van der Waals surface area contributed by atoms with E-state index in [2.05, 4.69) is 21.2 Å². The van der Waals surface area contributed by atoms with Crippen molar-refractivity contribution in [2.45, 2.75) is 13.3 Å². The highest BCUT2D eigenvalue weighted by molar-refractivity contribution is 9.10. The van der Waals surface area contributed by atoms with Gasteiger partial charge in [-0.3, -0.25) is 9.59 Å². The van der Waals surface area contributed by atoms with Gasteiger partial charge in [-0.2, -0.15) is 0 Å². The first-order valence-electron chi connectivity index (χ1n) is 6.51. The van der Waals surface area contributed by atoms with Gasteiger partial charge in [0.25, 0.3) is 5.91 Å². The third-order valence-corrected chi connectivity index (χ3v) is 3.30. The lowest BCUT2D eigenvalue weighted by atomic mass is 10.2. The highest BCUT2D eigenvalue weighted by atomic mass is 79.9. The third-order valence-electron chi connectivity index (χ3n) is 2.81. The quantitative estimate of drug-likeness (QED) is 0.787. The van der Waals surface area contributed by atoms with E-state index in [1.54, 1.807) is 23.1 Å². The van der Waals surface area contributed by atoms with Crippen molar-refractivity contribution in [2.24, 2.45) is 0 Å². The number of hydrogen-bond donors (Lipinski definition) is 2. The van der Waals surface area contributed by atoms with Crippen LogP contribution in [-0.2, 0) is 4.79 Å².